The molecule has 0 spiro atoms. The zero-order chi connectivity index (χ0) is 12.8. The van der Waals surface area contributed by atoms with Crippen LogP contribution in [0.2, 0.25) is 0 Å². The molecule has 0 aromatic heterocycles. The normalized spacial score (nSPS) is 14.5. The molecular weight excluding hydrogens is 222 g/mol. The van der Waals surface area contributed by atoms with Crippen LogP contribution in [-0.4, -0.2) is 41.7 Å². The van der Waals surface area contributed by atoms with Crippen LogP contribution in [0.15, 0.2) is 18.2 Å². The summed E-state index contributed by atoms with van der Waals surface area (Å²) in [5.41, 5.74) is 0.592. The van der Waals surface area contributed by atoms with Crippen LogP contribution in [0.25, 0.3) is 0 Å². The predicted molar refractivity (Wildman–Crippen MR) is 64.1 cm³/mol. The monoisotopic (exact) mass is 241 g/mol. The number of hydrogen-bond donors (Lipinski definition) is 4. The summed E-state index contributed by atoms with van der Waals surface area (Å²) < 4.78 is 4.81. The summed E-state index contributed by atoms with van der Waals surface area (Å²) in [6, 6.07) is 4.18. The molecule has 0 saturated carbocycles. The predicted octanol–water partition coefficient (Wildman–Crippen LogP) is 0.756. The maximum absolute atomic E-state index is 9.64. The largest absolute Gasteiger partial charge is 0.508 e. The van der Waals surface area contributed by atoms with Gasteiger partial charge in [-0.25, -0.2) is 0 Å². The quantitative estimate of drug-likeness (QED) is 0.553. The van der Waals surface area contributed by atoms with Gasteiger partial charge >= 0.3 is 0 Å². The summed E-state index contributed by atoms with van der Waals surface area (Å²) in [5, 5.41) is 31.5. The number of aromatic hydroxyl groups is 2. The van der Waals surface area contributed by atoms with Crippen molar-refractivity contribution in [1.29, 1.82) is 0 Å². The zero-order valence-corrected chi connectivity index (χ0v) is 10.1. The summed E-state index contributed by atoms with van der Waals surface area (Å²) in [5.74, 6) is 0.216. The van der Waals surface area contributed by atoms with Gasteiger partial charge in [-0.2, -0.15) is 0 Å². The fraction of sp³-hybridized carbons (Fsp3) is 0.500. The molecule has 2 unspecified atom stereocenters. The molecule has 1 aromatic rings. The lowest BCUT2D eigenvalue weighted by Crippen LogP contribution is -2.31. The second kappa shape index (κ2) is 6.44. The van der Waals surface area contributed by atoms with Crippen molar-refractivity contribution in [2.24, 2.45) is 0 Å². The summed E-state index contributed by atoms with van der Waals surface area (Å²) in [7, 11) is 1.52. The van der Waals surface area contributed by atoms with Gasteiger partial charge in [0.1, 0.15) is 11.5 Å². The first kappa shape index (κ1) is 13.8. The average molecular weight is 241 g/mol. The highest BCUT2D eigenvalue weighted by molar-refractivity contribution is 5.40. The molecule has 5 nitrogen and oxygen atoms in total. The molecule has 0 amide bonds. The molecule has 96 valence electrons. The molecule has 0 radical (unpaired) electrons. The van der Waals surface area contributed by atoms with Crippen molar-refractivity contribution >= 4 is 0 Å². The molecule has 0 aliphatic heterocycles. The Hall–Kier alpha value is -1.30. The maximum Gasteiger partial charge on any atom is 0.120 e. The highest BCUT2D eigenvalue weighted by Gasteiger charge is 2.12. The molecule has 0 heterocycles. The third kappa shape index (κ3) is 4.22. The van der Waals surface area contributed by atoms with Gasteiger partial charge in [0.05, 0.1) is 12.7 Å². The van der Waals surface area contributed by atoms with Gasteiger partial charge in [0, 0.05) is 25.3 Å². The molecule has 5 heteroatoms. The fourth-order valence-electron chi connectivity index (χ4n) is 1.56. The lowest BCUT2D eigenvalue weighted by atomic mass is 10.1. The van der Waals surface area contributed by atoms with Crippen LogP contribution in [0.5, 0.6) is 11.5 Å². The standard InChI is InChI=1S/C12H19NO4/c1-8(13-6-10(15)7-17-2)11-5-9(14)3-4-12(11)16/h3-5,8,10,13-16H,6-7H2,1-2H3. The van der Waals surface area contributed by atoms with Crippen molar-refractivity contribution in [3.05, 3.63) is 23.8 Å². The van der Waals surface area contributed by atoms with E-state index in [0.29, 0.717) is 12.1 Å². The van der Waals surface area contributed by atoms with E-state index in [-0.39, 0.29) is 24.1 Å². The van der Waals surface area contributed by atoms with Crippen LogP contribution in [0.1, 0.15) is 18.5 Å². The molecule has 2 atom stereocenters. The summed E-state index contributed by atoms with van der Waals surface area (Å²) in [6.45, 7) is 2.45. The van der Waals surface area contributed by atoms with Crippen LogP contribution in [0.3, 0.4) is 0 Å². The van der Waals surface area contributed by atoms with E-state index in [1.165, 1.54) is 25.3 Å². The van der Waals surface area contributed by atoms with Crippen LogP contribution < -0.4 is 5.32 Å². The highest BCUT2D eigenvalue weighted by Crippen LogP contribution is 2.27. The number of nitrogens with one attached hydrogen (secondary N) is 1. The molecule has 1 aromatic carbocycles. The Kier molecular flexibility index (Phi) is 5.21. The number of methoxy groups -OCH3 is 1. The number of aliphatic hydroxyl groups is 1. The number of hydrogen-bond acceptors (Lipinski definition) is 5. The number of rotatable bonds is 6. The second-order valence-electron chi connectivity index (χ2n) is 3.98. The molecule has 17 heavy (non-hydrogen) atoms. The molecule has 0 aliphatic carbocycles. The average Bonchev–Trinajstić information content (AvgIpc) is 2.29. The van der Waals surface area contributed by atoms with Crippen molar-refractivity contribution in [2.45, 2.75) is 19.1 Å². The van der Waals surface area contributed by atoms with Crippen molar-refractivity contribution in [1.82, 2.24) is 5.32 Å². The van der Waals surface area contributed by atoms with Crippen molar-refractivity contribution in [3.8, 4) is 11.5 Å². The van der Waals surface area contributed by atoms with Crippen LogP contribution >= 0.6 is 0 Å². The third-order valence-electron chi connectivity index (χ3n) is 2.50. The Labute approximate surface area is 101 Å². The lowest BCUT2D eigenvalue weighted by Gasteiger charge is -2.18. The minimum absolute atomic E-state index is 0.101. The smallest absolute Gasteiger partial charge is 0.120 e. The van der Waals surface area contributed by atoms with E-state index in [0.717, 1.165) is 0 Å². The Bertz CT molecular complexity index is 356. The molecular formula is C12H19NO4. The van der Waals surface area contributed by atoms with Gasteiger partial charge in [0.2, 0.25) is 0 Å². The van der Waals surface area contributed by atoms with Crippen molar-refractivity contribution < 1.29 is 20.1 Å². The van der Waals surface area contributed by atoms with E-state index >= 15 is 0 Å². The first-order valence-electron chi connectivity index (χ1n) is 5.47. The van der Waals surface area contributed by atoms with Crippen molar-refractivity contribution in [3.63, 3.8) is 0 Å². The molecule has 0 aliphatic rings. The van der Waals surface area contributed by atoms with Gasteiger partial charge in [-0.05, 0) is 25.1 Å². The number of phenols is 2. The Balaban J connectivity index is 2.57. The van der Waals surface area contributed by atoms with Gasteiger partial charge in [-0.3, -0.25) is 0 Å². The van der Waals surface area contributed by atoms with Gasteiger partial charge < -0.3 is 25.4 Å². The van der Waals surface area contributed by atoms with Gasteiger partial charge in [-0.1, -0.05) is 0 Å². The van der Waals surface area contributed by atoms with Crippen LogP contribution in [-0.2, 0) is 4.74 Å². The fourth-order valence-corrected chi connectivity index (χ4v) is 1.56. The first-order chi connectivity index (χ1) is 8.04. The topological polar surface area (TPSA) is 82.0 Å². The zero-order valence-electron chi connectivity index (χ0n) is 10.1. The second-order valence-corrected chi connectivity index (χ2v) is 3.98. The third-order valence-corrected chi connectivity index (χ3v) is 2.50. The van der Waals surface area contributed by atoms with Gasteiger partial charge in [0.15, 0.2) is 0 Å². The van der Waals surface area contributed by atoms with E-state index < -0.39 is 6.10 Å². The molecule has 0 bridgehead atoms. The summed E-state index contributed by atoms with van der Waals surface area (Å²) in [6.07, 6.45) is -0.595. The summed E-state index contributed by atoms with van der Waals surface area (Å²) >= 11 is 0. The molecule has 0 fully saturated rings. The molecule has 0 saturated heterocycles. The Morgan fingerprint density at radius 3 is 2.71 bits per heavy atom. The summed E-state index contributed by atoms with van der Waals surface area (Å²) in [4.78, 5) is 0. The number of aliphatic hydroxyl groups excluding tert-OH is 1. The number of benzene rings is 1. The molecule has 4 N–H and O–H groups in total. The minimum atomic E-state index is -0.595. The van der Waals surface area contributed by atoms with Crippen LogP contribution in [0, 0.1) is 0 Å². The minimum Gasteiger partial charge on any atom is -0.508 e. The van der Waals surface area contributed by atoms with Gasteiger partial charge in [-0.15, -0.1) is 0 Å². The van der Waals surface area contributed by atoms with E-state index in [2.05, 4.69) is 5.32 Å². The maximum atomic E-state index is 9.64. The van der Waals surface area contributed by atoms with Gasteiger partial charge in [0.25, 0.3) is 0 Å². The lowest BCUT2D eigenvalue weighted by molar-refractivity contribution is 0.0630. The van der Waals surface area contributed by atoms with E-state index in [1.54, 1.807) is 0 Å². The number of phenolic OH excluding ortho intramolecular Hbond substituents is 2. The van der Waals surface area contributed by atoms with Crippen molar-refractivity contribution in [2.75, 3.05) is 20.3 Å². The van der Waals surface area contributed by atoms with E-state index in [1.807, 2.05) is 6.92 Å². The Morgan fingerprint density at radius 1 is 1.35 bits per heavy atom. The first-order valence-corrected chi connectivity index (χ1v) is 5.47. The van der Waals surface area contributed by atoms with Crippen LogP contribution in [0.4, 0.5) is 0 Å². The SMILES string of the molecule is COCC(O)CNC(C)c1cc(O)ccc1O. The Morgan fingerprint density at radius 2 is 2.06 bits per heavy atom. The van der Waals surface area contributed by atoms with E-state index in [9.17, 15) is 15.3 Å². The highest BCUT2D eigenvalue weighted by atomic mass is 16.5. The molecule has 1 rings (SSSR count). The van der Waals surface area contributed by atoms with E-state index in [4.69, 9.17) is 4.74 Å². The number of ether oxygens (including phenoxy) is 1.